The number of hydrogen-bond acceptors (Lipinski definition) is 5. The molecule has 1 saturated heterocycles. The van der Waals surface area contributed by atoms with Crippen LogP contribution >= 0.6 is 11.3 Å². The summed E-state index contributed by atoms with van der Waals surface area (Å²) in [6.45, 7) is 2.54. The van der Waals surface area contributed by atoms with E-state index in [0.717, 1.165) is 31.2 Å². The molecule has 32 heavy (non-hydrogen) atoms. The van der Waals surface area contributed by atoms with Gasteiger partial charge in [-0.25, -0.2) is 17.8 Å². The number of rotatable bonds is 6. The number of nitrogens with zero attached hydrogens (tertiary/aromatic N) is 2. The summed E-state index contributed by atoms with van der Waals surface area (Å²) in [5.41, 5.74) is 1.73. The van der Waals surface area contributed by atoms with Crippen molar-refractivity contribution in [2.45, 2.75) is 43.5 Å². The SMILES string of the molecule is CCC1CCCCN1S(=O)(=O)c1ccc(C(=O)Nc2nc(-c3ccc(F)cc3)cs2)cc1. The number of carbonyl (C=O) groups excluding carboxylic acids is 1. The van der Waals surface area contributed by atoms with Crippen LogP contribution in [0.5, 0.6) is 0 Å². The average molecular weight is 474 g/mol. The van der Waals surface area contributed by atoms with Gasteiger partial charge in [-0.2, -0.15) is 4.31 Å². The molecule has 6 nitrogen and oxygen atoms in total. The Morgan fingerprint density at radius 2 is 1.88 bits per heavy atom. The fraction of sp³-hybridized carbons (Fsp3) is 0.304. The van der Waals surface area contributed by atoms with Gasteiger partial charge in [-0.3, -0.25) is 10.1 Å². The van der Waals surface area contributed by atoms with Gasteiger partial charge in [-0.05, 0) is 67.8 Å². The van der Waals surface area contributed by atoms with Crippen LogP contribution in [0.2, 0.25) is 0 Å². The number of aromatic nitrogens is 1. The van der Waals surface area contributed by atoms with E-state index >= 15 is 0 Å². The van der Waals surface area contributed by atoms with Crippen LogP contribution in [0.3, 0.4) is 0 Å². The molecule has 2 heterocycles. The van der Waals surface area contributed by atoms with E-state index in [1.54, 1.807) is 21.8 Å². The molecule has 3 aromatic rings. The van der Waals surface area contributed by atoms with Gasteiger partial charge in [-0.1, -0.05) is 13.3 Å². The van der Waals surface area contributed by atoms with Gasteiger partial charge in [0.2, 0.25) is 10.0 Å². The molecular weight excluding hydrogens is 449 g/mol. The number of carbonyl (C=O) groups is 1. The van der Waals surface area contributed by atoms with Gasteiger partial charge in [0.1, 0.15) is 5.82 Å². The van der Waals surface area contributed by atoms with Crippen molar-refractivity contribution in [1.29, 1.82) is 0 Å². The minimum atomic E-state index is -3.59. The molecule has 0 radical (unpaired) electrons. The highest BCUT2D eigenvalue weighted by Gasteiger charge is 2.32. The summed E-state index contributed by atoms with van der Waals surface area (Å²) in [6, 6.07) is 12.0. The number of amides is 1. The molecule has 1 aliphatic rings. The smallest absolute Gasteiger partial charge is 0.257 e. The van der Waals surface area contributed by atoms with Crippen molar-refractivity contribution in [2.24, 2.45) is 0 Å². The second-order valence-electron chi connectivity index (χ2n) is 7.70. The molecule has 168 valence electrons. The second-order valence-corrected chi connectivity index (χ2v) is 10.4. The first-order valence-electron chi connectivity index (χ1n) is 10.5. The number of sulfonamides is 1. The Morgan fingerprint density at radius 1 is 1.16 bits per heavy atom. The fourth-order valence-corrected chi connectivity index (χ4v) is 6.35. The van der Waals surface area contributed by atoms with Gasteiger partial charge in [0.05, 0.1) is 10.6 Å². The summed E-state index contributed by atoms with van der Waals surface area (Å²) in [4.78, 5) is 17.2. The molecular formula is C23H24FN3O3S2. The number of piperidine rings is 1. The lowest BCUT2D eigenvalue weighted by Crippen LogP contribution is -2.43. The second kappa shape index (κ2) is 9.48. The van der Waals surface area contributed by atoms with Gasteiger partial charge in [0, 0.05) is 29.1 Å². The molecule has 0 saturated carbocycles. The third kappa shape index (κ3) is 4.74. The van der Waals surface area contributed by atoms with Crippen LogP contribution < -0.4 is 5.32 Å². The third-order valence-corrected chi connectivity index (χ3v) is 8.36. The summed E-state index contributed by atoms with van der Waals surface area (Å²) in [5, 5.41) is 4.92. The molecule has 1 unspecified atom stereocenters. The van der Waals surface area contributed by atoms with Gasteiger partial charge in [-0.15, -0.1) is 11.3 Å². The highest BCUT2D eigenvalue weighted by Crippen LogP contribution is 2.28. The largest absolute Gasteiger partial charge is 0.298 e. The topological polar surface area (TPSA) is 79.4 Å². The molecule has 0 spiro atoms. The maximum absolute atomic E-state index is 13.1. The minimum absolute atomic E-state index is 0.0249. The highest BCUT2D eigenvalue weighted by molar-refractivity contribution is 7.89. The predicted octanol–water partition coefficient (Wildman–Crippen LogP) is 5.15. The summed E-state index contributed by atoms with van der Waals surface area (Å²) in [6.07, 6.45) is 3.57. The Balaban J connectivity index is 1.46. The highest BCUT2D eigenvalue weighted by atomic mass is 32.2. The Hall–Kier alpha value is -2.62. The van der Waals surface area contributed by atoms with Crippen LogP contribution in [0.4, 0.5) is 9.52 Å². The molecule has 1 amide bonds. The first-order valence-corrected chi connectivity index (χ1v) is 12.8. The Bertz CT molecular complexity index is 1190. The standard InChI is InChI=1S/C23H24FN3O3S2/c1-2-19-5-3-4-14-27(19)32(29,30)20-12-8-17(9-13-20)22(28)26-23-25-21(15-31-23)16-6-10-18(24)11-7-16/h6-13,15,19H,2-5,14H2,1H3,(H,25,26,28). The molecule has 0 bridgehead atoms. The molecule has 0 aliphatic carbocycles. The van der Waals surface area contributed by atoms with Crippen LogP contribution in [0.15, 0.2) is 58.8 Å². The van der Waals surface area contributed by atoms with Crippen molar-refractivity contribution < 1.29 is 17.6 Å². The van der Waals surface area contributed by atoms with E-state index in [2.05, 4.69) is 10.3 Å². The normalized spacial score (nSPS) is 17.2. The zero-order valence-electron chi connectivity index (χ0n) is 17.6. The van der Waals surface area contributed by atoms with E-state index in [4.69, 9.17) is 0 Å². The predicted molar refractivity (Wildman–Crippen MR) is 124 cm³/mol. The number of hydrogen-bond donors (Lipinski definition) is 1. The summed E-state index contributed by atoms with van der Waals surface area (Å²) in [5.74, 6) is -0.702. The number of anilines is 1. The van der Waals surface area contributed by atoms with Crippen molar-refractivity contribution in [1.82, 2.24) is 9.29 Å². The van der Waals surface area contributed by atoms with Gasteiger partial charge < -0.3 is 0 Å². The van der Waals surface area contributed by atoms with Crippen molar-refractivity contribution in [3.63, 3.8) is 0 Å². The van der Waals surface area contributed by atoms with Crippen LogP contribution in [-0.4, -0.2) is 36.2 Å². The quantitative estimate of drug-likeness (QED) is 0.537. The van der Waals surface area contributed by atoms with Crippen molar-refractivity contribution in [2.75, 3.05) is 11.9 Å². The maximum Gasteiger partial charge on any atom is 0.257 e. The van der Waals surface area contributed by atoms with Crippen LogP contribution in [-0.2, 0) is 10.0 Å². The summed E-state index contributed by atoms with van der Waals surface area (Å²) < 4.78 is 40.9. The van der Waals surface area contributed by atoms with E-state index in [-0.39, 0.29) is 22.7 Å². The number of thiazole rings is 1. The molecule has 4 rings (SSSR count). The number of benzene rings is 2. The zero-order chi connectivity index (χ0) is 22.7. The van der Waals surface area contributed by atoms with E-state index in [1.807, 2.05) is 6.92 Å². The average Bonchev–Trinajstić information content (AvgIpc) is 3.28. The molecule has 1 fully saturated rings. The van der Waals surface area contributed by atoms with Gasteiger partial charge in [0.25, 0.3) is 5.91 Å². The van der Waals surface area contributed by atoms with Crippen LogP contribution in [0.25, 0.3) is 11.3 Å². The summed E-state index contributed by atoms with van der Waals surface area (Å²) in [7, 11) is -3.59. The lowest BCUT2D eigenvalue weighted by molar-refractivity contribution is 0.102. The van der Waals surface area contributed by atoms with E-state index in [9.17, 15) is 17.6 Å². The molecule has 1 N–H and O–H groups in total. The van der Waals surface area contributed by atoms with Crippen molar-refractivity contribution in [3.05, 3.63) is 65.3 Å². The zero-order valence-corrected chi connectivity index (χ0v) is 19.3. The fourth-order valence-electron chi connectivity index (χ4n) is 3.87. The Labute approximate surface area is 191 Å². The maximum atomic E-state index is 13.1. The van der Waals surface area contributed by atoms with Gasteiger partial charge in [0.15, 0.2) is 5.13 Å². The van der Waals surface area contributed by atoms with Crippen LogP contribution in [0, 0.1) is 5.82 Å². The van der Waals surface area contributed by atoms with Crippen molar-refractivity contribution >= 4 is 32.4 Å². The molecule has 1 aromatic heterocycles. The number of nitrogens with one attached hydrogen (secondary N) is 1. The molecule has 1 atom stereocenters. The van der Waals surface area contributed by atoms with Crippen molar-refractivity contribution in [3.8, 4) is 11.3 Å². The lowest BCUT2D eigenvalue weighted by Gasteiger charge is -2.34. The van der Waals surface area contributed by atoms with Crippen LogP contribution in [0.1, 0.15) is 43.0 Å². The first-order chi connectivity index (χ1) is 15.4. The molecule has 2 aromatic carbocycles. The van der Waals surface area contributed by atoms with Gasteiger partial charge >= 0.3 is 0 Å². The minimum Gasteiger partial charge on any atom is -0.298 e. The Kier molecular flexibility index (Phi) is 6.68. The number of halogens is 1. The molecule has 9 heteroatoms. The summed E-state index contributed by atoms with van der Waals surface area (Å²) >= 11 is 1.26. The lowest BCUT2D eigenvalue weighted by atomic mass is 10.0. The van der Waals surface area contributed by atoms with E-state index in [0.29, 0.717) is 22.9 Å². The Morgan fingerprint density at radius 3 is 2.56 bits per heavy atom. The third-order valence-electron chi connectivity index (χ3n) is 5.63. The van der Waals surface area contributed by atoms with E-state index in [1.165, 1.54) is 47.7 Å². The monoisotopic (exact) mass is 473 g/mol. The molecule has 1 aliphatic heterocycles. The van der Waals surface area contributed by atoms with E-state index < -0.39 is 10.0 Å². The first kappa shape index (κ1) is 22.6.